The van der Waals surface area contributed by atoms with Crippen LogP contribution >= 0.6 is 0 Å². The molecule has 0 radical (unpaired) electrons. The molecule has 0 saturated heterocycles. The number of hydrogen-bond acceptors (Lipinski definition) is 3. The molecule has 1 spiro atoms. The summed E-state index contributed by atoms with van der Waals surface area (Å²) in [5.74, 6) is 0.605. The van der Waals surface area contributed by atoms with Crippen LogP contribution in [-0.4, -0.2) is 24.0 Å². The van der Waals surface area contributed by atoms with E-state index in [4.69, 9.17) is 4.74 Å². The minimum Gasteiger partial charge on any atom is -0.444 e. The highest BCUT2D eigenvalue weighted by molar-refractivity contribution is 5.74. The van der Waals surface area contributed by atoms with Gasteiger partial charge in [0.15, 0.2) is 0 Å². The van der Waals surface area contributed by atoms with E-state index in [1.165, 1.54) is 24.8 Å². The van der Waals surface area contributed by atoms with Gasteiger partial charge in [-0.1, -0.05) is 30.7 Å². The number of aldehydes is 1. The summed E-state index contributed by atoms with van der Waals surface area (Å²) in [4.78, 5) is 22.8. The fourth-order valence-corrected chi connectivity index (χ4v) is 4.18. The van der Waals surface area contributed by atoms with Gasteiger partial charge in [-0.3, -0.25) is 4.79 Å². The summed E-state index contributed by atoms with van der Waals surface area (Å²) in [6, 6.07) is 8.09. The minimum absolute atomic E-state index is 0.236. The van der Waals surface area contributed by atoms with E-state index in [-0.39, 0.29) is 17.6 Å². The summed E-state index contributed by atoms with van der Waals surface area (Å²) >= 11 is 0. The number of carbonyl (C=O) groups is 2. The second-order valence-electron chi connectivity index (χ2n) is 8.28. The molecule has 1 amide bonds. The van der Waals surface area contributed by atoms with Crippen LogP contribution in [-0.2, 0) is 11.2 Å². The third-order valence-corrected chi connectivity index (χ3v) is 5.60. The van der Waals surface area contributed by atoms with Gasteiger partial charge in [0, 0.05) is 11.6 Å². The number of amides is 1. The average Bonchev–Trinajstić information content (AvgIpc) is 2.43. The lowest BCUT2D eigenvalue weighted by Gasteiger charge is -2.62. The van der Waals surface area contributed by atoms with E-state index in [2.05, 4.69) is 5.32 Å². The van der Waals surface area contributed by atoms with Gasteiger partial charge in [0.25, 0.3) is 0 Å². The highest BCUT2D eigenvalue weighted by Gasteiger charge is 2.58. The molecule has 2 saturated carbocycles. The third-order valence-electron chi connectivity index (χ3n) is 5.60. The number of nitrogens with one attached hydrogen (secondary N) is 1. The Morgan fingerprint density at radius 1 is 1.29 bits per heavy atom. The molecule has 4 nitrogen and oxygen atoms in total. The lowest BCUT2D eigenvalue weighted by atomic mass is 9.46. The van der Waals surface area contributed by atoms with E-state index in [1.54, 1.807) is 0 Å². The van der Waals surface area contributed by atoms with Gasteiger partial charge in [-0.25, -0.2) is 4.79 Å². The molecule has 3 rings (SSSR count). The van der Waals surface area contributed by atoms with Crippen molar-refractivity contribution in [3.8, 4) is 0 Å². The number of benzene rings is 1. The maximum Gasteiger partial charge on any atom is 0.407 e. The number of carbonyl (C=O) groups excluding carboxylic acids is 2. The molecule has 4 heteroatoms. The maximum absolute atomic E-state index is 12.1. The predicted molar refractivity (Wildman–Crippen MR) is 93.1 cm³/mol. The van der Waals surface area contributed by atoms with Gasteiger partial charge in [0.2, 0.25) is 0 Å². The van der Waals surface area contributed by atoms with Crippen LogP contribution in [0.4, 0.5) is 4.79 Å². The van der Waals surface area contributed by atoms with Crippen LogP contribution in [0, 0.1) is 11.3 Å². The van der Waals surface area contributed by atoms with Crippen molar-refractivity contribution in [2.45, 2.75) is 64.5 Å². The second kappa shape index (κ2) is 6.23. The van der Waals surface area contributed by atoms with Crippen molar-refractivity contribution >= 4 is 12.4 Å². The van der Waals surface area contributed by atoms with Crippen LogP contribution < -0.4 is 5.32 Å². The van der Waals surface area contributed by atoms with Gasteiger partial charge >= 0.3 is 6.09 Å². The Kier molecular flexibility index (Phi) is 4.41. The first kappa shape index (κ1) is 17.0. The van der Waals surface area contributed by atoms with Gasteiger partial charge in [-0.15, -0.1) is 0 Å². The molecule has 2 aliphatic rings. The Labute approximate surface area is 144 Å². The minimum atomic E-state index is -0.458. The van der Waals surface area contributed by atoms with E-state index in [9.17, 15) is 9.59 Å². The molecular weight excluding hydrogens is 302 g/mol. The Hall–Kier alpha value is -1.84. The third kappa shape index (κ3) is 3.33. The van der Waals surface area contributed by atoms with E-state index in [1.807, 2.05) is 45.0 Å². The normalized spacial score (nSPS) is 24.6. The first-order valence-electron chi connectivity index (χ1n) is 8.86. The molecule has 2 atom stereocenters. The summed E-state index contributed by atoms with van der Waals surface area (Å²) in [5.41, 5.74) is 1.78. The number of alkyl carbamates (subject to hydrolysis) is 1. The van der Waals surface area contributed by atoms with Crippen molar-refractivity contribution in [3.63, 3.8) is 0 Å². The zero-order valence-corrected chi connectivity index (χ0v) is 14.8. The highest BCUT2D eigenvalue weighted by Crippen LogP contribution is 2.60. The molecule has 1 aromatic carbocycles. The molecule has 24 heavy (non-hydrogen) atoms. The summed E-state index contributed by atoms with van der Waals surface area (Å²) in [5, 5.41) is 3.09. The van der Waals surface area contributed by atoms with Crippen molar-refractivity contribution < 1.29 is 14.3 Å². The SMILES string of the molecule is CC(C)(C)OC(=O)NC1CC(Cc2ccc(C=O)cc2)C12CCC2. The second-order valence-corrected chi connectivity index (χ2v) is 8.28. The lowest BCUT2D eigenvalue weighted by Crippen LogP contribution is -2.64. The van der Waals surface area contributed by atoms with Crippen LogP contribution in [0.1, 0.15) is 62.4 Å². The molecule has 2 aliphatic carbocycles. The summed E-state index contributed by atoms with van der Waals surface area (Å²) < 4.78 is 5.40. The molecule has 1 aromatic rings. The first-order chi connectivity index (χ1) is 11.3. The number of hydrogen-bond donors (Lipinski definition) is 1. The van der Waals surface area contributed by atoms with Crippen LogP contribution in [0.25, 0.3) is 0 Å². The summed E-state index contributed by atoms with van der Waals surface area (Å²) in [6.07, 6.45) is 6.22. The quantitative estimate of drug-likeness (QED) is 0.845. The Balaban J connectivity index is 1.59. The van der Waals surface area contributed by atoms with Gasteiger partial charge in [0.05, 0.1) is 0 Å². The Bertz CT molecular complexity index is 611. The number of rotatable bonds is 4. The van der Waals surface area contributed by atoms with E-state index in [0.717, 1.165) is 24.7 Å². The average molecular weight is 329 g/mol. The van der Waals surface area contributed by atoms with Crippen molar-refractivity contribution in [2.75, 3.05) is 0 Å². The topological polar surface area (TPSA) is 55.4 Å². The van der Waals surface area contributed by atoms with Crippen molar-refractivity contribution in [1.82, 2.24) is 5.32 Å². The van der Waals surface area contributed by atoms with Crippen LogP contribution in [0.3, 0.4) is 0 Å². The van der Waals surface area contributed by atoms with Gasteiger partial charge < -0.3 is 10.1 Å². The lowest BCUT2D eigenvalue weighted by molar-refractivity contribution is -0.0887. The molecule has 0 bridgehead atoms. The van der Waals surface area contributed by atoms with E-state index in [0.29, 0.717) is 5.92 Å². The van der Waals surface area contributed by atoms with Crippen molar-refractivity contribution in [3.05, 3.63) is 35.4 Å². The molecule has 0 aliphatic heterocycles. The molecular formula is C20H27NO3. The van der Waals surface area contributed by atoms with Crippen molar-refractivity contribution in [1.29, 1.82) is 0 Å². The van der Waals surface area contributed by atoms with Crippen LogP contribution in [0.5, 0.6) is 0 Å². The fraction of sp³-hybridized carbons (Fsp3) is 0.600. The van der Waals surface area contributed by atoms with Gasteiger partial charge in [0.1, 0.15) is 11.9 Å². The van der Waals surface area contributed by atoms with Gasteiger partial charge in [-0.05, 0) is 63.4 Å². The molecule has 2 fully saturated rings. The molecule has 1 N–H and O–H groups in total. The van der Waals surface area contributed by atoms with E-state index < -0.39 is 5.60 Å². The number of ether oxygens (including phenoxy) is 1. The molecule has 0 aromatic heterocycles. The van der Waals surface area contributed by atoms with Crippen LogP contribution in [0.2, 0.25) is 0 Å². The summed E-state index contributed by atoms with van der Waals surface area (Å²) in [6.45, 7) is 5.66. The maximum atomic E-state index is 12.1. The van der Waals surface area contributed by atoms with Gasteiger partial charge in [-0.2, -0.15) is 0 Å². The molecule has 0 heterocycles. The Morgan fingerprint density at radius 2 is 1.96 bits per heavy atom. The first-order valence-corrected chi connectivity index (χ1v) is 8.86. The Morgan fingerprint density at radius 3 is 2.46 bits per heavy atom. The zero-order chi connectivity index (χ0) is 17.4. The summed E-state index contributed by atoms with van der Waals surface area (Å²) in [7, 11) is 0. The van der Waals surface area contributed by atoms with E-state index >= 15 is 0 Å². The van der Waals surface area contributed by atoms with Crippen molar-refractivity contribution in [2.24, 2.45) is 11.3 Å². The highest BCUT2D eigenvalue weighted by atomic mass is 16.6. The van der Waals surface area contributed by atoms with Crippen LogP contribution in [0.15, 0.2) is 24.3 Å². The zero-order valence-electron chi connectivity index (χ0n) is 14.8. The molecule has 2 unspecified atom stereocenters. The largest absolute Gasteiger partial charge is 0.444 e. The fourth-order valence-electron chi connectivity index (χ4n) is 4.18. The smallest absolute Gasteiger partial charge is 0.407 e. The predicted octanol–water partition coefficient (Wildman–Crippen LogP) is 4.13. The standard InChI is InChI=1S/C20H27NO3/c1-19(2,3)24-18(23)21-17-12-16(20(17)9-4-10-20)11-14-5-7-15(13-22)8-6-14/h5-8,13,16-17H,4,9-12H2,1-3H3,(H,21,23). The molecule has 130 valence electrons. The monoisotopic (exact) mass is 329 g/mol.